The van der Waals surface area contributed by atoms with Gasteiger partial charge in [-0.15, -0.1) is 0 Å². The topological polar surface area (TPSA) is 9.86 Å². The highest BCUT2D eigenvalue weighted by Crippen LogP contribution is 2.36. The molecule has 2 aromatic heterocycles. The standard InChI is InChI=1S/C48H34N2/c1-5-19-45-41(15-1)42-16-2-6-20-46(42)49(45)39-27-23-33(24-28-39)35-11-9-13-37(31-35)38-14-10-12-36(32-38)34-25-29-40(30-26-34)50-47-21-7-3-17-43(47)44-18-4-8-22-48(44)50/h1-3,5-17,19-32H,4,18H2. The second kappa shape index (κ2) is 11.6. The van der Waals surface area contributed by atoms with E-state index in [-0.39, 0.29) is 0 Å². The van der Waals surface area contributed by atoms with Gasteiger partial charge in [-0.1, -0.05) is 121 Å². The molecule has 0 atom stereocenters. The molecule has 0 spiro atoms. The molecular weight excluding hydrogens is 605 g/mol. The Bertz CT molecular complexity index is 2680. The summed E-state index contributed by atoms with van der Waals surface area (Å²) >= 11 is 0. The first kappa shape index (κ1) is 28.6. The van der Waals surface area contributed by atoms with Crippen molar-refractivity contribution < 1.29 is 0 Å². The summed E-state index contributed by atoms with van der Waals surface area (Å²) < 4.78 is 4.79. The minimum atomic E-state index is 1.10. The fourth-order valence-electron chi connectivity index (χ4n) is 8.03. The summed E-state index contributed by atoms with van der Waals surface area (Å²) in [5, 5.41) is 3.93. The Balaban J connectivity index is 0.956. The first-order valence-electron chi connectivity index (χ1n) is 17.5. The van der Waals surface area contributed by atoms with Crippen molar-refractivity contribution in [2.75, 3.05) is 0 Å². The van der Waals surface area contributed by atoms with Crippen molar-refractivity contribution >= 4 is 38.8 Å². The molecule has 1 aliphatic rings. The third-order valence-corrected chi connectivity index (χ3v) is 10.4. The zero-order valence-electron chi connectivity index (χ0n) is 27.6. The Hall–Kier alpha value is -6.38. The number of nitrogens with zero attached hydrogens (tertiary/aromatic N) is 2. The summed E-state index contributed by atoms with van der Waals surface area (Å²) in [7, 11) is 0. The molecule has 0 radical (unpaired) electrons. The number of rotatable bonds is 5. The Kier molecular flexibility index (Phi) is 6.67. The summed E-state index contributed by atoms with van der Waals surface area (Å²) in [5.41, 5.74) is 16.2. The highest BCUT2D eigenvalue weighted by atomic mass is 15.0. The maximum absolute atomic E-state index is 2.42. The molecule has 2 heteroatoms. The van der Waals surface area contributed by atoms with Crippen molar-refractivity contribution in [3.63, 3.8) is 0 Å². The average molecular weight is 639 g/mol. The lowest BCUT2D eigenvalue weighted by Crippen LogP contribution is -2.00. The van der Waals surface area contributed by atoms with Crippen molar-refractivity contribution in [1.82, 2.24) is 9.13 Å². The van der Waals surface area contributed by atoms with Gasteiger partial charge >= 0.3 is 0 Å². The van der Waals surface area contributed by atoms with Gasteiger partial charge < -0.3 is 9.13 Å². The predicted octanol–water partition coefficient (Wildman–Crippen LogP) is 12.7. The first-order valence-corrected chi connectivity index (χ1v) is 17.5. The lowest BCUT2D eigenvalue weighted by Gasteiger charge is -2.13. The van der Waals surface area contributed by atoms with Crippen molar-refractivity contribution in [1.29, 1.82) is 0 Å². The summed E-state index contributed by atoms with van der Waals surface area (Å²) in [4.78, 5) is 0. The second-order valence-corrected chi connectivity index (χ2v) is 13.3. The Morgan fingerprint density at radius 3 is 1.34 bits per heavy atom. The van der Waals surface area contributed by atoms with Crippen LogP contribution in [-0.2, 0) is 6.42 Å². The highest BCUT2D eigenvalue weighted by Gasteiger charge is 2.18. The fourth-order valence-corrected chi connectivity index (χ4v) is 8.03. The lowest BCUT2D eigenvalue weighted by atomic mass is 9.96. The molecule has 2 nitrogen and oxygen atoms in total. The molecule has 0 aliphatic heterocycles. The molecule has 50 heavy (non-hydrogen) atoms. The van der Waals surface area contributed by atoms with Crippen molar-refractivity contribution in [3.8, 4) is 44.8 Å². The van der Waals surface area contributed by atoms with Gasteiger partial charge in [0.15, 0.2) is 0 Å². The molecule has 10 rings (SSSR count). The maximum atomic E-state index is 2.42. The largest absolute Gasteiger partial charge is 0.310 e. The molecule has 0 amide bonds. The van der Waals surface area contributed by atoms with Gasteiger partial charge in [0.25, 0.3) is 0 Å². The molecule has 2 heterocycles. The molecule has 9 aromatic rings. The van der Waals surface area contributed by atoms with E-state index in [9.17, 15) is 0 Å². The van der Waals surface area contributed by atoms with Crippen molar-refractivity contribution in [2.24, 2.45) is 0 Å². The number of benzene rings is 7. The normalized spacial score (nSPS) is 12.6. The van der Waals surface area contributed by atoms with Gasteiger partial charge in [-0.3, -0.25) is 0 Å². The Labute approximate surface area is 291 Å². The highest BCUT2D eigenvalue weighted by molar-refractivity contribution is 6.09. The van der Waals surface area contributed by atoms with E-state index in [4.69, 9.17) is 0 Å². The molecule has 0 saturated carbocycles. The van der Waals surface area contributed by atoms with Gasteiger partial charge in [-0.05, 0) is 112 Å². The van der Waals surface area contributed by atoms with Gasteiger partial charge in [0, 0.05) is 33.2 Å². The number of hydrogen-bond acceptors (Lipinski definition) is 0. The third kappa shape index (κ3) is 4.64. The lowest BCUT2D eigenvalue weighted by molar-refractivity contribution is 0.967. The van der Waals surface area contributed by atoms with E-state index in [1.807, 2.05) is 0 Å². The molecule has 0 bridgehead atoms. The number of hydrogen-bond donors (Lipinski definition) is 0. The van der Waals surface area contributed by atoms with E-state index in [0.29, 0.717) is 0 Å². The van der Waals surface area contributed by atoms with Gasteiger partial charge in [-0.25, -0.2) is 0 Å². The Morgan fingerprint density at radius 1 is 0.360 bits per heavy atom. The minimum Gasteiger partial charge on any atom is -0.310 e. The van der Waals surface area contributed by atoms with Crippen LogP contribution in [-0.4, -0.2) is 9.13 Å². The van der Waals surface area contributed by atoms with Gasteiger partial charge in [0.1, 0.15) is 0 Å². The van der Waals surface area contributed by atoms with Crippen LogP contribution in [0.2, 0.25) is 0 Å². The quantitative estimate of drug-likeness (QED) is 0.178. The molecule has 0 saturated heterocycles. The van der Waals surface area contributed by atoms with Crippen LogP contribution in [0.1, 0.15) is 17.7 Å². The number of allylic oxidation sites excluding steroid dienone is 1. The molecule has 1 aliphatic carbocycles. The molecule has 0 unspecified atom stereocenters. The van der Waals surface area contributed by atoms with Crippen LogP contribution in [0.25, 0.3) is 83.5 Å². The van der Waals surface area contributed by atoms with E-state index < -0.39 is 0 Å². The van der Waals surface area contributed by atoms with Gasteiger partial charge in [0.05, 0.1) is 16.6 Å². The van der Waals surface area contributed by atoms with Crippen LogP contribution in [0.5, 0.6) is 0 Å². The number of aromatic nitrogens is 2. The molecular formula is C48H34N2. The number of fused-ring (bicyclic) bond motifs is 6. The van der Waals surface area contributed by atoms with E-state index >= 15 is 0 Å². The fraction of sp³-hybridized carbons (Fsp3) is 0.0417. The summed E-state index contributed by atoms with van der Waals surface area (Å²) in [6.07, 6.45) is 6.80. The zero-order valence-corrected chi connectivity index (χ0v) is 27.6. The SMILES string of the molecule is C1=Cc2c(c3ccccc3n2-c2ccc(-c3cccc(-c4cccc(-c5ccc(-n6c7ccccc7c7ccccc76)cc5)c4)c3)cc2)CC1. The second-order valence-electron chi connectivity index (χ2n) is 13.3. The summed E-state index contributed by atoms with van der Waals surface area (Å²) in [5.74, 6) is 0. The average Bonchev–Trinajstić information content (AvgIpc) is 3.71. The van der Waals surface area contributed by atoms with Crippen LogP contribution in [0.3, 0.4) is 0 Å². The maximum Gasteiger partial charge on any atom is 0.0541 e. The summed E-state index contributed by atoms with van der Waals surface area (Å²) in [6.45, 7) is 0. The van der Waals surface area contributed by atoms with Crippen LogP contribution in [0, 0.1) is 0 Å². The molecule has 7 aromatic carbocycles. The zero-order chi connectivity index (χ0) is 33.0. The van der Waals surface area contributed by atoms with E-state index in [0.717, 1.165) is 12.8 Å². The van der Waals surface area contributed by atoms with Crippen LogP contribution >= 0.6 is 0 Å². The van der Waals surface area contributed by atoms with Crippen LogP contribution < -0.4 is 0 Å². The molecule has 0 fully saturated rings. The smallest absolute Gasteiger partial charge is 0.0541 e. The predicted molar refractivity (Wildman–Crippen MR) is 211 cm³/mol. The monoisotopic (exact) mass is 638 g/mol. The summed E-state index contributed by atoms with van der Waals surface area (Å²) in [6, 6.07) is 62.0. The van der Waals surface area contributed by atoms with E-state index in [1.165, 1.54) is 88.7 Å². The van der Waals surface area contributed by atoms with Gasteiger partial charge in [-0.2, -0.15) is 0 Å². The van der Waals surface area contributed by atoms with Crippen molar-refractivity contribution in [3.05, 3.63) is 187 Å². The minimum absolute atomic E-state index is 1.10. The number of aryl methyl sites for hydroxylation is 1. The third-order valence-electron chi connectivity index (χ3n) is 10.4. The van der Waals surface area contributed by atoms with Crippen LogP contribution in [0.15, 0.2) is 176 Å². The van der Waals surface area contributed by atoms with E-state index in [1.54, 1.807) is 0 Å². The first-order chi connectivity index (χ1) is 24.8. The Morgan fingerprint density at radius 2 is 0.800 bits per heavy atom. The van der Waals surface area contributed by atoms with Gasteiger partial charge in [0.2, 0.25) is 0 Å². The molecule has 0 N–H and O–H groups in total. The number of para-hydroxylation sites is 3. The van der Waals surface area contributed by atoms with E-state index in [2.05, 4.69) is 191 Å². The van der Waals surface area contributed by atoms with Crippen molar-refractivity contribution in [2.45, 2.75) is 12.8 Å². The molecule has 236 valence electrons. The van der Waals surface area contributed by atoms with Crippen LogP contribution in [0.4, 0.5) is 0 Å².